The van der Waals surface area contributed by atoms with Crippen molar-refractivity contribution in [1.29, 1.82) is 0 Å². The minimum Gasteiger partial charge on any atom is -0.491 e. The molecule has 0 radical (unpaired) electrons. The lowest BCUT2D eigenvalue weighted by molar-refractivity contribution is 0.105. The topological polar surface area (TPSA) is 67.5 Å². The molecule has 2 rings (SSSR count). The van der Waals surface area contributed by atoms with Crippen molar-refractivity contribution in [2.75, 3.05) is 13.2 Å². The van der Waals surface area contributed by atoms with E-state index in [4.69, 9.17) is 9.26 Å². The summed E-state index contributed by atoms with van der Waals surface area (Å²) in [6.45, 7) is 3.06. The Hall–Kier alpha value is -1.37. The molecule has 5 nitrogen and oxygen atoms in total. The molecule has 0 fully saturated rings. The average molecular weight is 341 g/mol. The van der Waals surface area contributed by atoms with Crippen molar-refractivity contribution in [2.24, 2.45) is 0 Å². The summed E-state index contributed by atoms with van der Waals surface area (Å²) in [5, 5.41) is 16.7. The molecule has 2 N–H and O–H groups in total. The van der Waals surface area contributed by atoms with E-state index in [0.717, 1.165) is 21.7 Å². The number of aromatic nitrogens is 1. The third-order valence-corrected chi connectivity index (χ3v) is 3.09. The molecule has 1 aromatic carbocycles. The van der Waals surface area contributed by atoms with Crippen LogP contribution in [0.1, 0.15) is 11.5 Å². The molecule has 0 aliphatic heterocycles. The van der Waals surface area contributed by atoms with Gasteiger partial charge in [-0.1, -0.05) is 27.2 Å². The Labute approximate surface area is 126 Å². The molecule has 0 bridgehead atoms. The Bertz CT molecular complexity index is 545. The van der Waals surface area contributed by atoms with Gasteiger partial charge in [0.2, 0.25) is 0 Å². The van der Waals surface area contributed by atoms with Gasteiger partial charge in [0.15, 0.2) is 5.76 Å². The lowest BCUT2D eigenvalue weighted by Crippen LogP contribution is -2.31. The van der Waals surface area contributed by atoms with Gasteiger partial charge in [-0.15, -0.1) is 0 Å². The van der Waals surface area contributed by atoms with E-state index in [0.29, 0.717) is 13.1 Å². The van der Waals surface area contributed by atoms with Crippen LogP contribution in [0.2, 0.25) is 0 Å². The summed E-state index contributed by atoms with van der Waals surface area (Å²) in [5.41, 5.74) is 0.848. The minimum atomic E-state index is -0.585. The molecule has 2 aromatic rings. The standard InChI is InChI=1S/C14H17BrN2O3/c1-10-5-14(20-17-10)8-16-7-12(18)9-19-13-4-2-3-11(15)6-13/h2-6,12,16,18H,7-9H2,1H3. The molecule has 1 unspecified atom stereocenters. The van der Waals surface area contributed by atoms with Crippen LogP contribution in [0.4, 0.5) is 0 Å². The number of aliphatic hydroxyl groups is 1. The van der Waals surface area contributed by atoms with E-state index in [1.807, 2.05) is 37.3 Å². The van der Waals surface area contributed by atoms with E-state index in [-0.39, 0.29) is 6.61 Å². The summed E-state index contributed by atoms with van der Waals surface area (Å²) in [6, 6.07) is 9.37. The predicted molar refractivity (Wildman–Crippen MR) is 78.6 cm³/mol. The van der Waals surface area contributed by atoms with Gasteiger partial charge in [0.25, 0.3) is 0 Å². The van der Waals surface area contributed by atoms with Gasteiger partial charge in [-0.05, 0) is 25.1 Å². The molecule has 20 heavy (non-hydrogen) atoms. The van der Waals surface area contributed by atoms with Crippen LogP contribution in [-0.2, 0) is 6.54 Å². The molecule has 108 valence electrons. The minimum absolute atomic E-state index is 0.235. The van der Waals surface area contributed by atoms with Crippen LogP contribution in [0, 0.1) is 6.92 Å². The molecule has 0 spiro atoms. The summed E-state index contributed by atoms with van der Waals surface area (Å²) >= 11 is 3.37. The number of nitrogens with one attached hydrogen (secondary N) is 1. The van der Waals surface area contributed by atoms with Gasteiger partial charge >= 0.3 is 0 Å². The molecular formula is C14H17BrN2O3. The van der Waals surface area contributed by atoms with Gasteiger partial charge in [0.1, 0.15) is 18.5 Å². The van der Waals surface area contributed by atoms with E-state index < -0.39 is 6.10 Å². The summed E-state index contributed by atoms with van der Waals surface area (Å²) in [5.74, 6) is 1.48. The number of ether oxygens (including phenoxy) is 1. The van der Waals surface area contributed by atoms with Crippen molar-refractivity contribution < 1.29 is 14.4 Å². The molecule has 1 atom stereocenters. The van der Waals surface area contributed by atoms with E-state index >= 15 is 0 Å². The third-order valence-electron chi connectivity index (χ3n) is 2.59. The first-order valence-corrected chi connectivity index (χ1v) is 7.12. The number of nitrogens with zero attached hydrogens (tertiary/aromatic N) is 1. The smallest absolute Gasteiger partial charge is 0.150 e. The number of halogens is 1. The fraction of sp³-hybridized carbons (Fsp3) is 0.357. The first-order valence-electron chi connectivity index (χ1n) is 6.33. The highest BCUT2D eigenvalue weighted by molar-refractivity contribution is 9.10. The lowest BCUT2D eigenvalue weighted by Gasteiger charge is -2.12. The molecule has 0 saturated carbocycles. The maximum Gasteiger partial charge on any atom is 0.150 e. The number of hydrogen-bond acceptors (Lipinski definition) is 5. The summed E-state index contributed by atoms with van der Waals surface area (Å²) in [4.78, 5) is 0. The maximum absolute atomic E-state index is 9.82. The van der Waals surface area contributed by atoms with Crippen LogP contribution in [-0.4, -0.2) is 29.5 Å². The molecule has 0 saturated heterocycles. The lowest BCUT2D eigenvalue weighted by atomic mass is 10.3. The summed E-state index contributed by atoms with van der Waals surface area (Å²) in [7, 11) is 0. The number of benzene rings is 1. The molecule has 1 heterocycles. The Balaban J connectivity index is 1.66. The van der Waals surface area contributed by atoms with Gasteiger partial charge < -0.3 is 19.7 Å². The van der Waals surface area contributed by atoms with Crippen LogP contribution in [0.3, 0.4) is 0 Å². The first kappa shape index (κ1) is 15.0. The van der Waals surface area contributed by atoms with Gasteiger partial charge in [0, 0.05) is 17.1 Å². The molecule has 0 aliphatic carbocycles. The van der Waals surface area contributed by atoms with E-state index in [1.54, 1.807) is 0 Å². The zero-order chi connectivity index (χ0) is 14.4. The zero-order valence-corrected chi connectivity index (χ0v) is 12.8. The summed E-state index contributed by atoms with van der Waals surface area (Å²) in [6.07, 6.45) is -0.585. The fourth-order valence-electron chi connectivity index (χ4n) is 1.67. The van der Waals surface area contributed by atoms with Crippen LogP contribution >= 0.6 is 15.9 Å². The quantitative estimate of drug-likeness (QED) is 0.809. The highest BCUT2D eigenvalue weighted by Crippen LogP contribution is 2.17. The predicted octanol–water partition coefficient (Wildman–Crippen LogP) is 2.28. The van der Waals surface area contributed by atoms with Crippen molar-refractivity contribution in [3.05, 3.63) is 46.3 Å². The van der Waals surface area contributed by atoms with Crippen molar-refractivity contribution >= 4 is 15.9 Å². The first-order chi connectivity index (χ1) is 9.63. The normalized spacial score (nSPS) is 12.3. The Kier molecular flexibility index (Phi) is 5.58. The molecule has 0 aliphatic rings. The van der Waals surface area contributed by atoms with E-state index in [1.165, 1.54) is 0 Å². The van der Waals surface area contributed by atoms with Gasteiger partial charge in [-0.2, -0.15) is 0 Å². The number of aliphatic hydroxyl groups excluding tert-OH is 1. The Morgan fingerprint density at radius 1 is 1.45 bits per heavy atom. The van der Waals surface area contributed by atoms with Crippen LogP contribution in [0.25, 0.3) is 0 Å². The van der Waals surface area contributed by atoms with Gasteiger partial charge in [0.05, 0.1) is 12.2 Å². The number of aryl methyl sites for hydroxylation is 1. The molecular weight excluding hydrogens is 324 g/mol. The zero-order valence-electron chi connectivity index (χ0n) is 11.2. The van der Waals surface area contributed by atoms with E-state index in [2.05, 4.69) is 26.4 Å². The Morgan fingerprint density at radius 2 is 2.30 bits per heavy atom. The Morgan fingerprint density at radius 3 is 3.00 bits per heavy atom. The third kappa shape index (κ3) is 4.96. The monoisotopic (exact) mass is 340 g/mol. The largest absolute Gasteiger partial charge is 0.491 e. The van der Waals surface area contributed by atoms with Crippen LogP contribution in [0.15, 0.2) is 39.3 Å². The van der Waals surface area contributed by atoms with Crippen molar-refractivity contribution in [2.45, 2.75) is 19.6 Å². The van der Waals surface area contributed by atoms with Crippen molar-refractivity contribution in [3.8, 4) is 5.75 Å². The van der Waals surface area contributed by atoms with Gasteiger partial charge in [-0.3, -0.25) is 0 Å². The molecule has 0 amide bonds. The van der Waals surface area contributed by atoms with Crippen LogP contribution in [0.5, 0.6) is 5.75 Å². The second-order valence-electron chi connectivity index (χ2n) is 4.49. The van der Waals surface area contributed by atoms with Crippen molar-refractivity contribution in [3.63, 3.8) is 0 Å². The molecule has 1 aromatic heterocycles. The van der Waals surface area contributed by atoms with E-state index in [9.17, 15) is 5.11 Å². The second kappa shape index (κ2) is 7.42. The maximum atomic E-state index is 9.82. The summed E-state index contributed by atoms with van der Waals surface area (Å²) < 4.78 is 11.5. The fourth-order valence-corrected chi connectivity index (χ4v) is 2.05. The number of hydrogen-bond donors (Lipinski definition) is 2. The van der Waals surface area contributed by atoms with Crippen LogP contribution < -0.4 is 10.1 Å². The highest BCUT2D eigenvalue weighted by atomic mass is 79.9. The van der Waals surface area contributed by atoms with Crippen molar-refractivity contribution in [1.82, 2.24) is 10.5 Å². The van der Waals surface area contributed by atoms with Gasteiger partial charge in [-0.25, -0.2) is 0 Å². The number of rotatable bonds is 7. The molecule has 6 heteroatoms. The highest BCUT2D eigenvalue weighted by Gasteiger charge is 2.06. The second-order valence-corrected chi connectivity index (χ2v) is 5.40. The SMILES string of the molecule is Cc1cc(CNCC(O)COc2cccc(Br)c2)on1. The average Bonchev–Trinajstić information content (AvgIpc) is 2.82.